The van der Waals surface area contributed by atoms with Gasteiger partial charge in [0.05, 0.1) is 12.1 Å². The van der Waals surface area contributed by atoms with Crippen LogP contribution >= 0.6 is 24.8 Å². The van der Waals surface area contributed by atoms with Gasteiger partial charge in [-0.05, 0) is 31.7 Å². The van der Waals surface area contributed by atoms with Gasteiger partial charge in [0.2, 0.25) is 11.8 Å². The highest BCUT2D eigenvalue weighted by Crippen LogP contribution is 2.19. The van der Waals surface area contributed by atoms with E-state index in [2.05, 4.69) is 10.2 Å². The summed E-state index contributed by atoms with van der Waals surface area (Å²) in [6.07, 6.45) is 2.75. The molecule has 0 radical (unpaired) electrons. The van der Waals surface area contributed by atoms with Gasteiger partial charge in [0.15, 0.2) is 0 Å². The van der Waals surface area contributed by atoms with Crippen molar-refractivity contribution in [2.45, 2.75) is 44.3 Å². The molecule has 0 aromatic heterocycles. The van der Waals surface area contributed by atoms with Gasteiger partial charge in [-0.3, -0.25) is 14.5 Å². The summed E-state index contributed by atoms with van der Waals surface area (Å²) in [5, 5.41) is 3.05. The summed E-state index contributed by atoms with van der Waals surface area (Å²) >= 11 is 0. The van der Waals surface area contributed by atoms with E-state index in [1.54, 1.807) is 0 Å². The maximum atomic E-state index is 12.6. The van der Waals surface area contributed by atoms with Crippen molar-refractivity contribution in [3.8, 4) is 0 Å². The van der Waals surface area contributed by atoms with Gasteiger partial charge in [0.1, 0.15) is 0 Å². The average molecular weight is 417 g/mol. The van der Waals surface area contributed by atoms with Crippen LogP contribution in [0.2, 0.25) is 0 Å². The Labute approximate surface area is 173 Å². The summed E-state index contributed by atoms with van der Waals surface area (Å²) in [4.78, 5) is 28.7. The lowest BCUT2D eigenvalue weighted by molar-refractivity contribution is -0.135. The molecule has 6 nitrogen and oxygen atoms in total. The first-order valence-electron chi connectivity index (χ1n) is 9.17. The van der Waals surface area contributed by atoms with Crippen molar-refractivity contribution >= 4 is 36.6 Å². The molecule has 1 aliphatic heterocycles. The van der Waals surface area contributed by atoms with Crippen molar-refractivity contribution in [3.05, 3.63) is 35.9 Å². The summed E-state index contributed by atoms with van der Waals surface area (Å²) in [7, 11) is 0. The summed E-state index contributed by atoms with van der Waals surface area (Å²) in [5.74, 6) is 0.0987. The minimum atomic E-state index is -0.510. The lowest BCUT2D eigenvalue weighted by Gasteiger charge is -2.38. The van der Waals surface area contributed by atoms with Crippen LogP contribution in [0, 0.1) is 0 Å². The quantitative estimate of drug-likeness (QED) is 0.730. The highest BCUT2D eigenvalue weighted by molar-refractivity contribution is 5.85. The second kappa shape index (κ2) is 10.9. The van der Waals surface area contributed by atoms with Crippen LogP contribution in [0.5, 0.6) is 0 Å². The SMILES string of the molecule is CC(C(=O)NC1CC1)N1CCN(C(=O)C(N)Cc2ccccc2)CC1.Cl.Cl. The minimum Gasteiger partial charge on any atom is -0.352 e. The van der Waals surface area contributed by atoms with Gasteiger partial charge < -0.3 is 16.0 Å². The highest BCUT2D eigenvalue weighted by Gasteiger charge is 2.31. The molecule has 27 heavy (non-hydrogen) atoms. The van der Waals surface area contributed by atoms with Crippen molar-refractivity contribution in [1.82, 2.24) is 15.1 Å². The number of carbonyl (C=O) groups excluding carboxylic acids is 2. The Morgan fingerprint density at radius 2 is 1.70 bits per heavy atom. The fraction of sp³-hybridized carbons (Fsp3) is 0.579. The molecular weight excluding hydrogens is 387 g/mol. The third-order valence-corrected chi connectivity index (χ3v) is 5.09. The van der Waals surface area contributed by atoms with Crippen LogP contribution in [0.25, 0.3) is 0 Å². The topological polar surface area (TPSA) is 78.7 Å². The number of halogens is 2. The monoisotopic (exact) mass is 416 g/mol. The van der Waals surface area contributed by atoms with Gasteiger partial charge in [0.25, 0.3) is 0 Å². The number of nitrogens with two attached hydrogens (primary N) is 1. The molecule has 1 heterocycles. The number of carbonyl (C=O) groups is 2. The normalized spacial score (nSPS) is 19.3. The molecule has 8 heteroatoms. The number of nitrogens with zero attached hydrogens (tertiary/aromatic N) is 2. The molecule has 0 bridgehead atoms. The van der Waals surface area contributed by atoms with Crippen LogP contribution in [-0.2, 0) is 16.0 Å². The number of piperazine rings is 1. The average Bonchev–Trinajstić information content (AvgIpc) is 3.45. The summed E-state index contributed by atoms with van der Waals surface area (Å²) in [5.41, 5.74) is 7.19. The maximum Gasteiger partial charge on any atom is 0.239 e. The van der Waals surface area contributed by atoms with E-state index in [9.17, 15) is 9.59 Å². The zero-order chi connectivity index (χ0) is 17.8. The zero-order valence-corrected chi connectivity index (χ0v) is 17.3. The van der Waals surface area contributed by atoms with Gasteiger partial charge in [-0.1, -0.05) is 30.3 Å². The number of nitrogens with one attached hydrogen (secondary N) is 1. The standard InChI is InChI=1S/C19H28N4O2.2ClH/c1-14(18(24)21-16-7-8-16)22-9-11-23(12-10-22)19(25)17(20)13-15-5-3-2-4-6-15;;/h2-6,14,16-17H,7-13,20H2,1H3,(H,21,24);2*1H. The smallest absolute Gasteiger partial charge is 0.239 e. The number of hydrogen-bond acceptors (Lipinski definition) is 4. The van der Waals surface area contributed by atoms with Crippen molar-refractivity contribution in [2.24, 2.45) is 5.73 Å². The highest BCUT2D eigenvalue weighted by atomic mass is 35.5. The van der Waals surface area contributed by atoms with Crippen molar-refractivity contribution < 1.29 is 9.59 Å². The van der Waals surface area contributed by atoms with Gasteiger partial charge in [-0.2, -0.15) is 0 Å². The largest absolute Gasteiger partial charge is 0.352 e. The first-order valence-corrected chi connectivity index (χ1v) is 9.17. The van der Waals surface area contributed by atoms with E-state index in [1.807, 2.05) is 42.2 Å². The molecule has 1 aromatic carbocycles. The van der Waals surface area contributed by atoms with E-state index in [4.69, 9.17) is 5.73 Å². The van der Waals surface area contributed by atoms with Crippen molar-refractivity contribution in [1.29, 1.82) is 0 Å². The summed E-state index contributed by atoms with van der Waals surface area (Å²) in [6.45, 7) is 4.62. The van der Waals surface area contributed by atoms with E-state index in [-0.39, 0.29) is 42.7 Å². The van der Waals surface area contributed by atoms with Gasteiger partial charge in [-0.25, -0.2) is 0 Å². The molecule has 2 atom stereocenters. The Hall–Kier alpha value is -1.34. The molecule has 2 unspecified atom stereocenters. The van der Waals surface area contributed by atoms with Crippen LogP contribution in [0.1, 0.15) is 25.3 Å². The van der Waals surface area contributed by atoms with Crippen LogP contribution in [0.15, 0.2) is 30.3 Å². The van der Waals surface area contributed by atoms with Crippen molar-refractivity contribution in [2.75, 3.05) is 26.2 Å². The summed E-state index contributed by atoms with van der Waals surface area (Å²) in [6, 6.07) is 9.58. The van der Waals surface area contributed by atoms with Crippen molar-refractivity contribution in [3.63, 3.8) is 0 Å². The Bertz CT molecular complexity index is 605. The molecular formula is C19H30Cl2N4O2. The minimum absolute atomic E-state index is 0. The predicted octanol–water partition coefficient (Wildman–Crippen LogP) is 1.21. The van der Waals surface area contributed by atoms with Crippen LogP contribution in [0.4, 0.5) is 0 Å². The lowest BCUT2D eigenvalue weighted by atomic mass is 10.1. The third kappa shape index (κ3) is 6.64. The van der Waals surface area contributed by atoms with E-state index < -0.39 is 6.04 Å². The molecule has 152 valence electrons. The third-order valence-electron chi connectivity index (χ3n) is 5.09. The molecule has 1 saturated heterocycles. The second-order valence-electron chi connectivity index (χ2n) is 7.12. The maximum absolute atomic E-state index is 12.6. The van der Waals surface area contributed by atoms with Crippen LogP contribution < -0.4 is 11.1 Å². The van der Waals surface area contributed by atoms with Gasteiger partial charge in [-0.15, -0.1) is 24.8 Å². The molecule has 1 aromatic rings. The predicted molar refractivity (Wildman–Crippen MR) is 111 cm³/mol. The van der Waals surface area contributed by atoms with E-state index in [0.29, 0.717) is 38.6 Å². The van der Waals surface area contributed by atoms with E-state index in [0.717, 1.165) is 18.4 Å². The molecule has 0 spiro atoms. The fourth-order valence-electron chi connectivity index (χ4n) is 3.23. The Morgan fingerprint density at radius 1 is 1.11 bits per heavy atom. The molecule has 1 saturated carbocycles. The summed E-state index contributed by atoms with van der Waals surface area (Å²) < 4.78 is 0. The molecule has 2 amide bonds. The lowest BCUT2D eigenvalue weighted by Crippen LogP contribution is -2.57. The second-order valence-corrected chi connectivity index (χ2v) is 7.12. The fourth-order valence-corrected chi connectivity index (χ4v) is 3.23. The number of amides is 2. The number of hydrogen-bond donors (Lipinski definition) is 2. The van der Waals surface area contributed by atoms with E-state index in [1.165, 1.54) is 0 Å². The Morgan fingerprint density at radius 3 is 2.26 bits per heavy atom. The zero-order valence-electron chi connectivity index (χ0n) is 15.7. The van der Waals surface area contributed by atoms with Gasteiger partial charge in [0, 0.05) is 32.2 Å². The van der Waals surface area contributed by atoms with E-state index >= 15 is 0 Å². The molecule has 3 rings (SSSR count). The molecule has 2 fully saturated rings. The van der Waals surface area contributed by atoms with Crippen LogP contribution in [-0.4, -0.2) is 65.9 Å². The van der Waals surface area contributed by atoms with Crippen LogP contribution in [0.3, 0.4) is 0 Å². The van der Waals surface area contributed by atoms with Gasteiger partial charge >= 0.3 is 0 Å². The molecule has 3 N–H and O–H groups in total. The first kappa shape index (κ1) is 23.7. The number of rotatable bonds is 6. The first-order chi connectivity index (χ1) is 12.0. The molecule has 2 aliphatic rings. The Balaban J connectivity index is 0.00000182. The molecule has 1 aliphatic carbocycles. The number of benzene rings is 1. The Kier molecular flexibility index (Phi) is 9.53.